The summed E-state index contributed by atoms with van der Waals surface area (Å²) in [7, 11) is 1.58. The smallest absolute Gasteiger partial charge is 0.342 e. The SMILES string of the molecule is CCCCC(CC)(CCCN=C1C=C(/C(C(=O)OCC)=C(\O)c2ccc(OC)cc2)CCC1)CN=C1C=C(/C(C(=O)OCC)=C(\O)c2ccc(OCC)cc2)CCC1. The lowest BCUT2D eigenvalue weighted by molar-refractivity contribution is -0.139. The van der Waals surface area contributed by atoms with Gasteiger partial charge in [0.1, 0.15) is 34.2 Å². The summed E-state index contributed by atoms with van der Waals surface area (Å²) in [6.07, 6.45) is 14.5. The average Bonchev–Trinajstić information content (AvgIpc) is 3.24. The molecule has 4 rings (SSSR count). The van der Waals surface area contributed by atoms with E-state index >= 15 is 0 Å². The van der Waals surface area contributed by atoms with Crippen molar-refractivity contribution in [2.24, 2.45) is 15.4 Å². The van der Waals surface area contributed by atoms with Crippen molar-refractivity contribution in [3.05, 3.63) is 94.1 Å². The zero-order valence-corrected chi connectivity index (χ0v) is 35.5. The Bertz CT molecular complexity index is 1870. The molecule has 0 spiro atoms. The van der Waals surface area contributed by atoms with Crippen LogP contribution in [-0.2, 0) is 19.1 Å². The molecule has 0 amide bonds. The van der Waals surface area contributed by atoms with Gasteiger partial charge < -0.3 is 29.2 Å². The van der Waals surface area contributed by atoms with Crippen LogP contribution in [0.5, 0.6) is 11.5 Å². The molecule has 1 unspecified atom stereocenters. The van der Waals surface area contributed by atoms with Crippen molar-refractivity contribution < 1.29 is 38.7 Å². The van der Waals surface area contributed by atoms with Crippen molar-refractivity contribution in [2.75, 3.05) is 40.0 Å². The number of methoxy groups -OCH3 is 1. The zero-order valence-electron chi connectivity index (χ0n) is 35.5. The largest absolute Gasteiger partial charge is 0.506 e. The van der Waals surface area contributed by atoms with Crippen LogP contribution >= 0.6 is 0 Å². The van der Waals surface area contributed by atoms with Gasteiger partial charge in [-0.3, -0.25) is 9.98 Å². The minimum atomic E-state index is -0.550. The van der Waals surface area contributed by atoms with E-state index in [9.17, 15) is 19.8 Å². The van der Waals surface area contributed by atoms with Gasteiger partial charge in [0.05, 0.1) is 26.9 Å². The summed E-state index contributed by atoms with van der Waals surface area (Å²) >= 11 is 0. The van der Waals surface area contributed by atoms with E-state index in [1.807, 2.05) is 19.1 Å². The lowest BCUT2D eigenvalue weighted by atomic mass is 9.76. The Labute approximate surface area is 345 Å². The molecular formula is C48H64N2O8. The Balaban J connectivity index is 1.54. The van der Waals surface area contributed by atoms with E-state index in [1.54, 1.807) is 69.5 Å². The Kier molecular flexibility index (Phi) is 18.3. The minimum absolute atomic E-state index is 0.00353. The molecule has 0 heterocycles. The molecule has 58 heavy (non-hydrogen) atoms. The van der Waals surface area contributed by atoms with Crippen LogP contribution in [0.1, 0.15) is 123 Å². The molecule has 2 aliphatic rings. The molecular weight excluding hydrogens is 733 g/mol. The minimum Gasteiger partial charge on any atom is -0.506 e. The maximum absolute atomic E-state index is 13.3. The highest BCUT2D eigenvalue weighted by molar-refractivity contribution is 6.06. The molecule has 10 heteroatoms. The van der Waals surface area contributed by atoms with Crippen molar-refractivity contribution in [3.63, 3.8) is 0 Å². The summed E-state index contributed by atoms with van der Waals surface area (Å²) in [5.41, 5.74) is 4.71. The van der Waals surface area contributed by atoms with E-state index < -0.39 is 11.9 Å². The highest BCUT2D eigenvalue weighted by Gasteiger charge is 2.29. The van der Waals surface area contributed by atoms with Crippen molar-refractivity contribution in [1.82, 2.24) is 0 Å². The second-order valence-corrected chi connectivity index (χ2v) is 14.9. The van der Waals surface area contributed by atoms with Gasteiger partial charge in [0, 0.05) is 35.6 Å². The summed E-state index contributed by atoms with van der Waals surface area (Å²) in [5.74, 6) is 0.0321. The first-order chi connectivity index (χ1) is 28.1. The van der Waals surface area contributed by atoms with Gasteiger partial charge in [0.25, 0.3) is 0 Å². The highest BCUT2D eigenvalue weighted by Crippen LogP contribution is 2.37. The van der Waals surface area contributed by atoms with Gasteiger partial charge >= 0.3 is 11.9 Å². The van der Waals surface area contributed by atoms with Crippen molar-refractivity contribution >= 4 is 34.9 Å². The first-order valence-electron chi connectivity index (χ1n) is 21.2. The average molecular weight is 797 g/mol. The Morgan fingerprint density at radius 2 is 1.16 bits per heavy atom. The monoisotopic (exact) mass is 796 g/mol. The molecule has 2 aromatic carbocycles. The molecule has 10 nitrogen and oxygen atoms in total. The molecule has 0 saturated heterocycles. The number of allylic oxidation sites excluding steroid dienone is 2. The molecule has 0 aliphatic heterocycles. The Hall–Kier alpha value is -5.12. The fourth-order valence-electron chi connectivity index (χ4n) is 7.58. The number of carbonyl (C=O) groups is 2. The predicted octanol–water partition coefficient (Wildman–Crippen LogP) is 10.9. The van der Waals surface area contributed by atoms with Gasteiger partial charge in [-0.1, -0.05) is 26.7 Å². The molecule has 2 N–H and O–H groups in total. The normalized spacial score (nSPS) is 17.7. The number of esters is 2. The van der Waals surface area contributed by atoms with E-state index in [2.05, 4.69) is 13.8 Å². The number of carbonyl (C=O) groups excluding carboxylic acids is 2. The third kappa shape index (κ3) is 12.7. The number of rotatable bonds is 21. The number of aliphatic imine (C=N–C) groups is 2. The van der Waals surface area contributed by atoms with Gasteiger partial charge in [-0.2, -0.15) is 0 Å². The molecule has 0 fully saturated rings. The first kappa shape index (κ1) is 45.6. The molecule has 0 radical (unpaired) electrons. The summed E-state index contributed by atoms with van der Waals surface area (Å²) in [4.78, 5) is 36.7. The maximum Gasteiger partial charge on any atom is 0.342 e. The lowest BCUT2D eigenvalue weighted by Crippen LogP contribution is -2.25. The number of hydrogen-bond donors (Lipinski definition) is 2. The number of unbranched alkanes of at least 4 members (excludes halogenated alkanes) is 1. The molecule has 0 saturated carbocycles. The van der Waals surface area contributed by atoms with Crippen LogP contribution in [0, 0.1) is 5.41 Å². The number of aliphatic hydroxyl groups excluding tert-OH is 2. The van der Waals surface area contributed by atoms with Crippen molar-refractivity contribution in [1.29, 1.82) is 0 Å². The lowest BCUT2D eigenvalue weighted by Gasteiger charge is -2.32. The van der Waals surface area contributed by atoms with Crippen LogP contribution in [-0.4, -0.2) is 73.6 Å². The molecule has 0 bridgehead atoms. The van der Waals surface area contributed by atoms with Gasteiger partial charge in [0.15, 0.2) is 0 Å². The number of benzene rings is 2. The summed E-state index contributed by atoms with van der Waals surface area (Å²) in [5, 5.41) is 22.7. The summed E-state index contributed by atoms with van der Waals surface area (Å²) in [6, 6.07) is 14.0. The fourth-order valence-corrected chi connectivity index (χ4v) is 7.58. The van der Waals surface area contributed by atoms with E-state index in [-0.39, 0.29) is 41.3 Å². The second kappa shape index (κ2) is 23.3. The maximum atomic E-state index is 13.3. The Morgan fingerprint density at radius 1 is 0.655 bits per heavy atom. The summed E-state index contributed by atoms with van der Waals surface area (Å²) < 4.78 is 21.6. The Morgan fingerprint density at radius 3 is 1.62 bits per heavy atom. The standard InChI is InChI=1S/C48H64N2O8/c1-7-12-28-48(8-2,33-50-39-19-14-17-37(32-39)43(47(54)58-11-5)45(52)35-22-26-41(27-23-35)56-9-3)29-15-30-49-38-18-13-16-36(31-38)42(46(53)57-10-4)44(51)34-20-24-40(55-6)25-21-34/h20-27,31-32,51-52H,7-19,28-30,33H2,1-6H3/b44-42+,45-43+,49-38?,50-39?. The third-order valence-electron chi connectivity index (χ3n) is 10.9. The molecule has 2 aromatic rings. The van der Waals surface area contributed by atoms with Gasteiger partial charge in [-0.15, -0.1) is 0 Å². The van der Waals surface area contributed by atoms with Crippen molar-refractivity contribution in [3.8, 4) is 11.5 Å². The second-order valence-electron chi connectivity index (χ2n) is 14.9. The van der Waals surface area contributed by atoms with Gasteiger partial charge in [0.2, 0.25) is 0 Å². The van der Waals surface area contributed by atoms with Crippen LogP contribution < -0.4 is 9.47 Å². The van der Waals surface area contributed by atoms with E-state index in [0.717, 1.165) is 86.8 Å². The third-order valence-corrected chi connectivity index (χ3v) is 10.9. The first-order valence-corrected chi connectivity index (χ1v) is 21.2. The van der Waals surface area contributed by atoms with Crippen LogP contribution in [0.4, 0.5) is 0 Å². The molecule has 1 atom stereocenters. The molecule has 314 valence electrons. The van der Waals surface area contributed by atoms with Crippen LogP contribution in [0.25, 0.3) is 11.5 Å². The quantitative estimate of drug-likeness (QED) is 0.0551. The van der Waals surface area contributed by atoms with E-state index in [4.69, 9.17) is 28.9 Å². The van der Waals surface area contributed by atoms with Crippen LogP contribution in [0.15, 0.2) is 93.0 Å². The van der Waals surface area contributed by atoms with Crippen LogP contribution in [0.2, 0.25) is 0 Å². The predicted molar refractivity (Wildman–Crippen MR) is 233 cm³/mol. The number of hydrogen-bond acceptors (Lipinski definition) is 10. The molecule has 0 aromatic heterocycles. The van der Waals surface area contributed by atoms with Crippen LogP contribution in [0.3, 0.4) is 0 Å². The highest BCUT2D eigenvalue weighted by atomic mass is 16.5. The van der Waals surface area contributed by atoms with Gasteiger partial charge in [-0.05, 0) is 162 Å². The van der Waals surface area contributed by atoms with Crippen molar-refractivity contribution in [2.45, 2.75) is 112 Å². The van der Waals surface area contributed by atoms with E-state index in [0.29, 0.717) is 55.2 Å². The van der Waals surface area contributed by atoms with E-state index in [1.165, 1.54) is 0 Å². The summed E-state index contributed by atoms with van der Waals surface area (Å²) in [6.45, 7) is 12.1. The topological polar surface area (TPSA) is 136 Å². The number of nitrogens with zero attached hydrogens (tertiary/aromatic N) is 2. The number of aliphatic hydroxyl groups is 2. The van der Waals surface area contributed by atoms with Gasteiger partial charge in [-0.25, -0.2) is 9.59 Å². The fraction of sp³-hybridized carbons (Fsp3) is 0.500. The molecule has 2 aliphatic carbocycles. The zero-order chi connectivity index (χ0) is 41.9. The number of ether oxygens (including phenoxy) is 4.